The first-order chi connectivity index (χ1) is 15.0. The molecule has 3 heterocycles. The molecule has 2 unspecified atom stereocenters. The SMILES string of the molecule is COC(=O)CCN1C(=S)NC(c2ccccn2)C1c1ccc(-c2ccc(F)cc2Br)o1. The van der Waals surface area contributed by atoms with Crippen LogP contribution in [0.3, 0.4) is 0 Å². The zero-order valence-corrected chi connectivity index (χ0v) is 19.0. The molecule has 0 aliphatic carbocycles. The summed E-state index contributed by atoms with van der Waals surface area (Å²) in [5, 5.41) is 3.81. The van der Waals surface area contributed by atoms with Gasteiger partial charge in [0.15, 0.2) is 5.11 Å². The van der Waals surface area contributed by atoms with E-state index in [9.17, 15) is 9.18 Å². The third-order valence-electron chi connectivity index (χ3n) is 5.10. The molecule has 6 nitrogen and oxygen atoms in total. The van der Waals surface area contributed by atoms with E-state index < -0.39 is 0 Å². The first kappa shape index (κ1) is 21.5. The molecule has 0 radical (unpaired) electrons. The van der Waals surface area contributed by atoms with Gasteiger partial charge in [-0.3, -0.25) is 9.78 Å². The second-order valence-corrected chi connectivity index (χ2v) is 8.21. The molecule has 1 N–H and O–H groups in total. The average Bonchev–Trinajstić information content (AvgIpc) is 3.37. The van der Waals surface area contributed by atoms with Crippen molar-refractivity contribution in [3.05, 3.63) is 76.5 Å². The van der Waals surface area contributed by atoms with E-state index in [4.69, 9.17) is 21.4 Å². The lowest BCUT2D eigenvalue weighted by atomic mass is 10.0. The third-order valence-corrected chi connectivity index (χ3v) is 6.11. The van der Waals surface area contributed by atoms with Gasteiger partial charge in [0.1, 0.15) is 23.4 Å². The Kier molecular flexibility index (Phi) is 6.33. The standard InChI is InChI=1S/C22H19BrFN3O3S/c1-29-19(28)9-11-27-21(20(26-22(27)31)16-4-2-3-10-25-16)18-8-7-17(30-18)14-6-5-13(24)12-15(14)23/h2-8,10,12,20-21H,9,11H2,1H3,(H,26,31). The summed E-state index contributed by atoms with van der Waals surface area (Å²) in [4.78, 5) is 18.1. The number of aromatic nitrogens is 1. The summed E-state index contributed by atoms with van der Waals surface area (Å²) in [5.74, 6) is 0.585. The number of carbonyl (C=O) groups excluding carboxylic acids is 1. The number of benzene rings is 1. The lowest BCUT2D eigenvalue weighted by Gasteiger charge is -2.25. The van der Waals surface area contributed by atoms with Crippen LogP contribution >= 0.6 is 28.1 Å². The molecule has 0 amide bonds. The predicted molar refractivity (Wildman–Crippen MR) is 121 cm³/mol. The molecule has 160 valence electrons. The van der Waals surface area contributed by atoms with Gasteiger partial charge in [-0.25, -0.2) is 4.39 Å². The number of nitrogens with zero attached hydrogens (tertiary/aromatic N) is 2. The largest absolute Gasteiger partial charge is 0.469 e. The maximum atomic E-state index is 13.5. The number of pyridine rings is 1. The van der Waals surface area contributed by atoms with Crippen molar-refractivity contribution in [1.82, 2.24) is 15.2 Å². The number of carbonyl (C=O) groups is 1. The van der Waals surface area contributed by atoms with Crippen molar-refractivity contribution < 1.29 is 18.3 Å². The summed E-state index contributed by atoms with van der Waals surface area (Å²) in [5.41, 5.74) is 1.54. The summed E-state index contributed by atoms with van der Waals surface area (Å²) in [6, 6.07) is 13.2. The lowest BCUT2D eigenvalue weighted by Crippen LogP contribution is -2.31. The smallest absolute Gasteiger partial charge is 0.307 e. The summed E-state index contributed by atoms with van der Waals surface area (Å²) in [6.07, 6.45) is 1.90. The van der Waals surface area contributed by atoms with Crippen molar-refractivity contribution in [1.29, 1.82) is 0 Å². The number of halogens is 2. The molecule has 1 aromatic carbocycles. The molecule has 1 saturated heterocycles. The van der Waals surface area contributed by atoms with Crippen molar-refractivity contribution in [2.75, 3.05) is 13.7 Å². The highest BCUT2D eigenvalue weighted by Crippen LogP contribution is 2.41. The number of furan rings is 1. The van der Waals surface area contributed by atoms with Crippen LogP contribution in [0.25, 0.3) is 11.3 Å². The molecular formula is C22H19BrFN3O3S. The van der Waals surface area contributed by atoms with E-state index in [1.54, 1.807) is 12.3 Å². The second-order valence-electron chi connectivity index (χ2n) is 6.97. The molecule has 31 heavy (non-hydrogen) atoms. The van der Waals surface area contributed by atoms with Gasteiger partial charge in [-0.15, -0.1) is 0 Å². The van der Waals surface area contributed by atoms with Gasteiger partial charge in [-0.1, -0.05) is 6.07 Å². The van der Waals surface area contributed by atoms with Crippen molar-refractivity contribution in [2.24, 2.45) is 0 Å². The first-order valence-electron chi connectivity index (χ1n) is 9.58. The molecule has 1 aliphatic heterocycles. The molecule has 4 rings (SSSR count). The van der Waals surface area contributed by atoms with E-state index >= 15 is 0 Å². The van der Waals surface area contributed by atoms with E-state index in [1.165, 1.54) is 19.2 Å². The Balaban J connectivity index is 1.70. The van der Waals surface area contributed by atoms with Crippen LogP contribution in [0.5, 0.6) is 0 Å². The van der Waals surface area contributed by atoms with Gasteiger partial charge in [0.05, 0.1) is 25.3 Å². The van der Waals surface area contributed by atoms with Crippen molar-refractivity contribution in [3.63, 3.8) is 0 Å². The normalized spacial score (nSPS) is 18.2. The molecule has 2 atom stereocenters. The summed E-state index contributed by atoms with van der Waals surface area (Å²) < 4.78 is 25.1. The molecular weight excluding hydrogens is 485 g/mol. The minimum absolute atomic E-state index is 0.181. The van der Waals surface area contributed by atoms with E-state index in [1.807, 2.05) is 35.2 Å². The number of esters is 1. The highest BCUT2D eigenvalue weighted by Gasteiger charge is 2.41. The van der Waals surface area contributed by atoms with Crippen LogP contribution in [-0.2, 0) is 9.53 Å². The monoisotopic (exact) mass is 503 g/mol. The van der Waals surface area contributed by atoms with Crippen LogP contribution in [-0.4, -0.2) is 34.6 Å². The molecule has 1 aliphatic rings. The van der Waals surface area contributed by atoms with Gasteiger partial charge in [-0.2, -0.15) is 0 Å². The minimum atomic E-state index is -0.336. The number of thiocarbonyl (C=S) groups is 1. The fraction of sp³-hybridized carbons (Fsp3) is 0.227. The Bertz CT molecular complexity index is 1110. The number of nitrogens with one attached hydrogen (secondary N) is 1. The van der Waals surface area contributed by atoms with Crippen molar-refractivity contribution in [3.8, 4) is 11.3 Å². The summed E-state index contributed by atoms with van der Waals surface area (Å²) >= 11 is 8.95. The maximum Gasteiger partial charge on any atom is 0.307 e. The molecule has 1 fully saturated rings. The Morgan fingerprint density at radius 3 is 2.87 bits per heavy atom. The Morgan fingerprint density at radius 1 is 1.32 bits per heavy atom. The summed E-state index contributed by atoms with van der Waals surface area (Å²) in [6.45, 7) is 0.364. The highest BCUT2D eigenvalue weighted by molar-refractivity contribution is 9.10. The number of ether oxygens (including phenoxy) is 1. The van der Waals surface area contributed by atoms with Gasteiger partial charge in [-0.05, 0) is 70.6 Å². The third kappa shape index (κ3) is 4.47. The second kappa shape index (κ2) is 9.15. The fourth-order valence-corrected chi connectivity index (χ4v) is 4.49. The van der Waals surface area contributed by atoms with Crippen molar-refractivity contribution in [2.45, 2.75) is 18.5 Å². The van der Waals surface area contributed by atoms with E-state index in [2.05, 4.69) is 26.2 Å². The maximum absolute atomic E-state index is 13.5. The molecule has 0 spiro atoms. The van der Waals surface area contributed by atoms with Gasteiger partial charge >= 0.3 is 5.97 Å². The topological polar surface area (TPSA) is 67.6 Å². The number of hydrogen-bond acceptors (Lipinski definition) is 5. The van der Waals surface area contributed by atoms with Crippen LogP contribution in [0.2, 0.25) is 0 Å². The number of hydrogen-bond donors (Lipinski definition) is 1. The Morgan fingerprint density at radius 2 is 2.16 bits per heavy atom. The zero-order chi connectivity index (χ0) is 22.0. The van der Waals surface area contributed by atoms with Gasteiger partial charge in [0.2, 0.25) is 0 Å². The fourth-order valence-electron chi connectivity index (χ4n) is 3.61. The quantitative estimate of drug-likeness (QED) is 0.383. The van der Waals surface area contributed by atoms with Gasteiger partial charge in [0.25, 0.3) is 0 Å². The molecule has 3 aromatic rings. The van der Waals surface area contributed by atoms with Crippen LogP contribution in [0.4, 0.5) is 4.39 Å². The Hall–Kier alpha value is -2.78. The predicted octanol–water partition coefficient (Wildman–Crippen LogP) is 4.78. The molecule has 0 bridgehead atoms. The molecule has 9 heteroatoms. The summed E-state index contributed by atoms with van der Waals surface area (Å²) in [7, 11) is 1.36. The zero-order valence-electron chi connectivity index (χ0n) is 16.5. The van der Waals surface area contributed by atoms with E-state index in [0.717, 1.165) is 11.3 Å². The highest BCUT2D eigenvalue weighted by atomic mass is 79.9. The van der Waals surface area contributed by atoms with Gasteiger partial charge in [0, 0.05) is 22.8 Å². The number of rotatable bonds is 6. The van der Waals surface area contributed by atoms with Crippen LogP contribution in [0.15, 0.2) is 63.6 Å². The molecule has 2 aromatic heterocycles. The number of methoxy groups -OCH3 is 1. The van der Waals surface area contributed by atoms with E-state index in [0.29, 0.717) is 27.7 Å². The van der Waals surface area contributed by atoms with Crippen LogP contribution in [0, 0.1) is 5.82 Å². The average molecular weight is 504 g/mol. The van der Waals surface area contributed by atoms with Crippen LogP contribution in [0.1, 0.15) is 30.0 Å². The van der Waals surface area contributed by atoms with Crippen molar-refractivity contribution >= 4 is 39.2 Å². The first-order valence-corrected chi connectivity index (χ1v) is 10.8. The Labute approximate surface area is 192 Å². The minimum Gasteiger partial charge on any atom is -0.469 e. The molecule has 0 saturated carbocycles. The van der Waals surface area contributed by atoms with Gasteiger partial charge < -0.3 is 19.4 Å². The van der Waals surface area contributed by atoms with E-state index in [-0.39, 0.29) is 30.3 Å². The lowest BCUT2D eigenvalue weighted by molar-refractivity contribution is -0.140. The van der Waals surface area contributed by atoms with Crippen LogP contribution < -0.4 is 5.32 Å².